The number of carbonyl (C=O) groups excluding carboxylic acids is 1. The van der Waals surface area contributed by atoms with Gasteiger partial charge in [0.15, 0.2) is 5.69 Å². The fraction of sp³-hybridized carbons (Fsp3) is 0.400. The van der Waals surface area contributed by atoms with Crippen molar-refractivity contribution < 1.29 is 13.2 Å². The van der Waals surface area contributed by atoms with Crippen molar-refractivity contribution in [3.8, 4) is 0 Å². The fourth-order valence-corrected chi connectivity index (χ4v) is 5.75. The van der Waals surface area contributed by atoms with Crippen LogP contribution in [0.25, 0.3) is 10.8 Å². The van der Waals surface area contributed by atoms with Crippen molar-refractivity contribution in [1.82, 2.24) is 14.1 Å². The average molecular weight is 483 g/mol. The Hall–Kier alpha value is -3.04. The van der Waals surface area contributed by atoms with E-state index < -0.39 is 15.9 Å². The van der Waals surface area contributed by atoms with Gasteiger partial charge in [0.25, 0.3) is 11.5 Å². The van der Waals surface area contributed by atoms with Crippen LogP contribution in [0, 0.1) is 12.8 Å². The molecule has 34 heavy (non-hydrogen) atoms. The van der Waals surface area contributed by atoms with Gasteiger partial charge in [0.2, 0.25) is 10.0 Å². The minimum atomic E-state index is -3.64. The number of benzene rings is 2. The van der Waals surface area contributed by atoms with Gasteiger partial charge in [0.1, 0.15) is 0 Å². The van der Waals surface area contributed by atoms with Crippen molar-refractivity contribution in [2.24, 2.45) is 5.92 Å². The molecule has 3 aromatic rings. The zero-order chi connectivity index (χ0) is 24.5. The molecule has 0 unspecified atom stereocenters. The number of fused-ring (bicyclic) bond motifs is 1. The molecule has 0 atom stereocenters. The van der Waals surface area contributed by atoms with E-state index in [1.165, 1.54) is 15.1 Å². The molecule has 4 rings (SSSR count). The Morgan fingerprint density at radius 2 is 1.74 bits per heavy atom. The smallest absolute Gasteiger partial charge is 0.276 e. The van der Waals surface area contributed by atoms with E-state index in [0.717, 1.165) is 24.8 Å². The van der Waals surface area contributed by atoms with E-state index in [0.29, 0.717) is 36.1 Å². The molecule has 0 aliphatic carbocycles. The van der Waals surface area contributed by atoms with Crippen LogP contribution in [0.3, 0.4) is 0 Å². The van der Waals surface area contributed by atoms with Gasteiger partial charge in [-0.15, -0.1) is 0 Å². The number of carbonyl (C=O) groups is 1. The van der Waals surface area contributed by atoms with Gasteiger partial charge in [0.05, 0.1) is 10.3 Å². The molecular weight excluding hydrogens is 452 g/mol. The summed E-state index contributed by atoms with van der Waals surface area (Å²) in [5.74, 6) is -0.328. The molecule has 1 N–H and O–H groups in total. The molecule has 2 aromatic carbocycles. The molecule has 0 saturated carbocycles. The van der Waals surface area contributed by atoms with E-state index in [1.807, 2.05) is 13.8 Å². The van der Waals surface area contributed by atoms with Crippen molar-refractivity contribution in [1.29, 1.82) is 0 Å². The van der Waals surface area contributed by atoms with Crippen LogP contribution >= 0.6 is 0 Å². The maximum absolute atomic E-state index is 13.3. The summed E-state index contributed by atoms with van der Waals surface area (Å²) in [4.78, 5) is 26.3. The third kappa shape index (κ3) is 4.76. The molecule has 180 valence electrons. The highest BCUT2D eigenvalue weighted by atomic mass is 32.2. The maximum Gasteiger partial charge on any atom is 0.276 e. The third-order valence-electron chi connectivity index (χ3n) is 6.03. The molecule has 9 heteroatoms. The summed E-state index contributed by atoms with van der Waals surface area (Å²) in [5, 5.41) is 8.09. The van der Waals surface area contributed by atoms with Crippen molar-refractivity contribution in [3.63, 3.8) is 0 Å². The van der Waals surface area contributed by atoms with Crippen LogP contribution in [0.2, 0.25) is 0 Å². The largest absolute Gasteiger partial charge is 0.320 e. The SMILES string of the molecule is Cc1ccc(S(=O)(=O)N2CCCCC2)cc1NC(=O)c1nn(CC(C)C)c(=O)c2ccccc12. The molecule has 0 bridgehead atoms. The monoisotopic (exact) mass is 482 g/mol. The van der Waals surface area contributed by atoms with Crippen LogP contribution in [0.1, 0.15) is 49.2 Å². The normalized spacial score (nSPS) is 15.1. The first-order valence-corrected chi connectivity index (χ1v) is 13.0. The third-order valence-corrected chi connectivity index (χ3v) is 7.93. The van der Waals surface area contributed by atoms with Crippen LogP contribution in [-0.4, -0.2) is 41.5 Å². The first kappa shape index (κ1) is 24.1. The van der Waals surface area contributed by atoms with Gasteiger partial charge in [-0.2, -0.15) is 9.40 Å². The second kappa shape index (κ2) is 9.68. The lowest BCUT2D eigenvalue weighted by Crippen LogP contribution is -2.35. The molecule has 0 radical (unpaired) electrons. The first-order valence-electron chi connectivity index (χ1n) is 11.6. The minimum absolute atomic E-state index is 0.125. The van der Waals surface area contributed by atoms with E-state index in [2.05, 4.69) is 10.4 Å². The van der Waals surface area contributed by atoms with Crippen molar-refractivity contribution in [2.45, 2.75) is 51.5 Å². The van der Waals surface area contributed by atoms with Gasteiger partial charge in [-0.3, -0.25) is 9.59 Å². The fourth-order valence-electron chi connectivity index (χ4n) is 4.20. The molecule has 0 spiro atoms. The Bertz CT molecular complexity index is 1390. The second-order valence-corrected chi connectivity index (χ2v) is 11.1. The summed E-state index contributed by atoms with van der Waals surface area (Å²) in [6, 6.07) is 11.7. The second-order valence-electron chi connectivity index (χ2n) is 9.17. The molecule has 1 aromatic heterocycles. The van der Waals surface area contributed by atoms with Crippen LogP contribution < -0.4 is 10.9 Å². The van der Waals surface area contributed by atoms with E-state index in [9.17, 15) is 18.0 Å². The highest BCUT2D eigenvalue weighted by Gasteiger charge is 2.27. The summed E-state index contributed by atoms with van der Waals surface area (Å²) in [6.45, 7) is 7.14. The summed E-state index contributed by atoms with van der Waals surface area (Å²) in [6.07, 6.45) is 2.72. The number of anilines is 1. The Balaban J connectivity index is 1.71. The van der Waals surface area contributed by atoms with Gasteiger partial charge in [0, 0.05) is 30.7 Å². The summed E-state index contributed by atoms with van der Waals surface area (Å²) in [7, 11) is -3.64. The zero-order valence-electron chi connectivity index (χ0n) is 19.7. The Morgan fingerprint density at radius 1 is 1.06 bits per heavy atom. The zero-order valence-corrected chi connectivity index (χ0v) is 20.6. The Kier molecular flexibility index (Phi) is 6.86. The van der Waals surface area contributed by atoms with Gasteiger partial charge in [-0.05, 0) is 49.4 Å². The lowest BCUT2D eigenvalue weighted by Gasteiger charge is -2.26. The van der Waals surface area contributed by atoms with Crippen molar-refractivity contribution in [3.05, 3.63) is 64.1 Å². The Labute approximate surface area is 199 Å². The summed E-state index contributed by atoms with van der Waals surface area (Å²) in [5.41, 5.74) is 1.01. The number of sulfonamides is 1. The molecule has 1 aliphatic heterocycles. The van der Waals surface area contributed by atoms with Crippen LogP contribution in [-0.2, 0) is 16.6 Å². The quantitative estimate of drug-likeness (QED) is 0.576. The maximum atomic E-state index is 13.3. The van der Waals surface area contributed by atoms with Crippen LogP contribution in [0.5, 0.6) is 0 Å². The lowest BCUT2D eigenvalue weighted by molar-refractivity contribution is 0.102. The summed E-state index contributed by atoms with van der Waals surface area (Å²) < 4.78 is 29.1. The number of aromatic nitrogens is 2. The standard InChI is InChI=1S/C25H30N4O4S/c1-17(2)16-29-25(31)21-10-6-5-9-20(21)23(27-29)24(30)26-22-15-19(12-11-18(22)3)34(32,33)28-13-7-4-8-14-28/h5-6,9-12,15,17H,4,7-8,13-14,16H2,1-3H3,(H,26,30). The highest BCUT2D eigenvalue weighted by molar-refractivity contribution is 7.89. The molecule has 2 heterocycles. The lowest BCUT2D eigenvalue weighted by atomic mass is 10.1. The number of nitrogens with zero attached hydrogens (tertiary/aromatic N) is 3. The number of amides is 1. The number of hydrogen-bond acceptors (Lipinski definition) is 5. The molecule has 1 aliphatic rings. The van der Waals surface area contributed by atoms with E-state index in [-0.39, 0.29) is 22.1 Å². The molecular formula is C25H30N4O4S. The van der Waals surface area contributed by atoms with Crippen molar-refractivity contribution >= 4 is 32.4 Å². The number of hydrogen-bond donors (Lipinski definition) is 1. The van der Waals surface area contributed by atoms with Gasteiger partial charge < -0.3 is 5.32 Å². The molecule has 1 amide bonds. The van der Waals surface area contributed by atoms with Crippen molar-refractivity contribution in [2.75, 3.05) is 18.4 Å². The molecule has 1 saturated heterocycles. The topological polar surface area (TPSA) is 101 Å². The predicted octanol–water partition coefficient (Wildman–Crippen LogP) is 3.79. The van der Waals surface area contributed by atoms with Crippen LogP contribution in [0.15, 0.2) is 52.2 Å². The molecule has 1 fully saturated rings. The van der Waals surface area contributed by atoms with Crippen LogP contribution in [0.4, 0.5) is 5.69 Å². The highest BCUT2D eigenvalue weighted by Crippen LogP contribution is 2.26. The van der Waals surface area contributed by atoms with Gasteiger partial charge in [-0.25, -0.2) is 13.1 Å². The first-order chi connectivity index (χ1) is 16.2. The Morgan fingerprint density at radius 3 is 2.41 bits per heavy atom. The minimum Gasteiger partial charge on any atom is -0.320 e. The summed E-state index contributed by atoms with van der Waals surface area (Å²) >= 11 is 0. The van der Waals surface area contributed by atoms with Gasteiger partial charge in [-0.1, -0.05) is 44.5 Å². The number of aryl methyl sites for hydroxylation is 1. The molecule has 8 nitrogen and oxygen atoms in total. The van der Waals surface area contributed by atoms with E-state index in [4.69, 9.17) is 0 Å². The number of nitrogens with one attached hydrogen (secondary N) is 1. The van der Waals surface area contributed by atoms with E-state index >= 15 is 0 Å². The van der Waals surface area contributed by atoms with E-state index in [1.54, 1.807) is 43.3 Å². The predicted molar refractivity (Wildman–Crippen MR) is 133 cm³/mol. The average Bonchev–Trinajstić information content (AvgIpc) is 2.82. The number of piperidine rings is 1. The number of rotatable bonds is 6. The van der Waals surface area contributed by atoms with Gasteiger partial charge >= 0.3 is 0 Å².